The number of hydrogen-bond acceptors (Lipinski definition) is 5. The van der Waals surface area contributed by atoms with Crippen molar-refractivity contribution < 1.29 is 9.21 Å². The van der Waals surface area contributed by atoms with Gasteiger partial charge in [-0.15, -0.1) is 5.10 Å². The second kappa shape index (κ2) is 7.12. The predicted octanol–water partition coefficient (Wildman–Crippen LogP) is 2.86. The SMILES string of the molecule is Cc1ccc(NCCNC(=O)C(C)c2cc3ccccc3o2)nn1. The Labute approximate surface area is 140 Å². The Balaban J connectivity index is 1.50. The first-order valence-corrected chi connectivity index (χ1v) is 7.94. The van der Waals surface area contributed by atoms with Crippen LogP contribution in [-0.2, 0) is 4.79 Å². The van der Waals surface area contributed by atoms with Crippen LogP contribution >= 0.6 is 0 Å². The van der Waals surface area contributed by atoms with Gasteiger partial charge in [0.2, 0.25) is 5.91 Å². The molecule has 0 aliphatic carbocycles. The minimum Gasteiger partial charge on any atom is -0.460 e. The van der Waals surface area contributed by atoms with Gasteiger partial charge >= 0.3 is 0 Å². The number of aromatic nitrogens is 2. The lowest BCUT2D eigenvalue weighted by molar-refractivity contribution is -0.122. The number of nitrogens with zero attached hydrogens (tertiary/aromatic N) is 2. The van der Waals surface area contributed by atoms with E-state index in [1.165, 1.54) is 0 Å². The molecular weight excluding hydrogens is 304 g/mol. The Hall–Kier alpha value is -2.89. The number of amides is 1. The quantitative estimate of drug-likeness (QED) is 0.682. The molecule has 0 radical (unpaired) electrons. The molecule has 0 spiro atoms. The summed E-state index contributed by atoms with van der Waals surface area (Å²) in [4.78, 5) is 12.2. The average molecular weight is 324 g/mol. The van der Waals surface area contributed by atoms with Crippen molar-refractivity contribution in [2.45, 2.75) is 19.8 Å². The number of hydrogen-bond donors (Lipinski definition) is 2. The Morgan fingerprint density at radius 2 is 2.00 bits per heavy atom. The number of anilines is 1. The van der Waals surface area contributed by atoms with Gasteiger partial charge in [0.05, 0.1) is 11.6 Å². The van der Waals surface area contributed by atoms with Crippen LogP contribution in [-0.4, -0.2) is 29.2 Å². The molecule has 1 amide bonds. The summed E-state index contributed by atoms with van der Waals surface area (Å²) in [5, 5.41) is 15.0. The van der Waals surface area contributed by atoms with Crippen LogP contribution in [0.25, 0.3) is 11.0 Å². The van der Waals surface area contributed by atoms with E-state index in [1.807, 2.05) is 56.3 Å². The fourth-order valence-corrected chi connectivity index (χ4v) is 2.37. The van der Waals surface area contributed by atoms with Gasteiger partial charge in [-0.2, -0.15) is 5.10 Å². The van der Waals surface area contributed by atoms with Crippen molar-refractivity contribution in [2.75, 3.05) is 18.4 Å². The predicted molar refractivity (Wildman–Crippen MR) is 92.9 cm³/mol. The summed E-state index contributed by atoms with van der Waals surface area (Å²) < 4.78 is 5.74. The third kappa shape index (κ3) is 3.71. The lowest BCUT2D eigenvalue weighted by atomic mass is 10.1. The molecule has 0 aliphatic heterocycles. The maximum atomic E-state index is 12.2. The lowest BCUT2D eigenvalue weighted by Gasteiger charge is -2.10. The standard InChI is InChI=1S/C18H20N4O2/c1-12-7-8-17(22-21-12)19-9-10-20-18(23)13(2)16-11-14-5-3-4-6-15(14)24-16/h3-8,11,13H,9-10H2,1-2H3,(H,19,22)(H,20,23). The zero-order chi connectivity index (χ0) is 16.9. The molecule has 2 heterocycles. The van der Waals surface area contributed by atoms with Crippen molar-refractivity contribution in [3.8, 4) is 0 Å². The van der Waals surface area contributed by atoms with Gasteiger partial charge in [-0.05, 0) is 38.1 Å². The van der Waals surface area contributed by atoms with Crippen LogP contribution in [0.4, 0.5) is 5.82 Å². The van der Waals surface area contributed by atoms with Gasteiger partial charge in [-0.25, -0.2) is 0 Å². The second-order valence-corrected chi connectivity index (χ2v) is 5.69. The van der Waals surface area contributed by atoms with Crippen molar-refractivity contribution in [3.05, 3.63) is 53.9 Å². The van der Waals surface area contributed by atoms with E-state index in [0.29, 0.717) is 24.7 Å². The molecule has 1 unspecified atom stereocenters. The summed E-state index contributed by atoms with van der Waals surface area (Å²) in [6.45, 7) is 4.80. The highest BCUT2D eigenvalue weighted by molar-refractivity contribution is 5.85. The number of carbonyl (C=O) groups excluding carboxylic acids is 1. The summed E-state index contributed by atoms with van der Waals surface area (Å²) in [6.07, 6.45) is 0. The average Bonchev–Trinajstić information content (AvgIpc) is 3.03. The van der Waals surface area contributed by atoms with Crippen LogP contribution in [0.1, 0.15) is 24.3 Å². The number of aryl methyl sites for hydroxylation is 1. The van der Waals surface area contributed by atoms with Crippen LogP contribution < -0.4 is 10.6 Å². The van der Waals surface area contributed by atoms with Gasteiger partial charge in [0.25, 0.3) is 0 Å². The molecule has 0 fully saturated rings. The fraction of sp³-hybridized carbons (Fsp3) is 0.278. The second-order valence-electron chi connectivity index (χ2n) is 5.69. The normalized spacial score (nSPS) is 12.1. The van der Waals surface area contributed by atoms with Crippen LogP contribution in [0.5, 0.6) is 0 Å². The summed E-state index contributed by atoms with van der Waals surface area (Å²) in [6, 6.07) is 13.4. The number of nitrogens with one attached hydrogen (secondary N) is 2. The van der Waals surface area contributed by atoms with E-state index >= 15 is 0 Å². The van der Waals surface area contributed by atoms with Gasteiger partial charge in [0, 0.05) is 18.5 Å². The number of benzene rings is 1. The number of para-hydroxylation sites is 1. The first-order chi connectivity index (χ1) is 11.6. The highest BCUT2D eigenvalue weighted by atomic mass is 16.3. The third-order valence-electron chi connectivity index (χ3n) is 3.79. The van der Waals surface area contributed by atoms with E-state index in [9.17, 15) is 4.79 Å². The van der Waals surface area contributed by atoms with Gasteiger partial charge in [0.15, 0.2) is 0 Å². The maximum Gasteiger partial charge on any atom is 0.230 e. The summed E-state index contributed by atoms with van der Waals surface area (Å²) in [5.41, 5.74) is 1.67. The van der Waals surface area contributed by atoms with E-state index < -0.39 is 0 Å². The molecule has 2 aromatic heterocycles. The molecular formula is C18H20N4O2. The van der Waals surface area contributed by atoms with Crippen LogP contribution in [0.15, 0.2) is 46.9 Å². The third-order valence-corrected chi connectivity index (χ3v) is 3.79. The van der Waals surface area contributed by atoms with Crippen molar-refractivity contribution in [1.29, 1.82) is 0 Å². The number of rotatable bonds is 6. The number of carbonyl (C=O) groups is 1. The van der Waals surface area contributed by atoms with Gasteiger partial charge < -0.3 is 15.1 Å². The molecule has 24 heavy (non-hydrogen) atoms. The summed E-state index contributed by atoms with van der Waals surface area (Å²) >= 11 is 0. The molecule has 2 N–H and O–H groups in total. The summed E-state index contributed by atoms with van der Waals surface area (Å²) in [5.74, 6) is 0.966. The summed E-state index contributed by atoms with van der Waals surface area (Å²) in [7, 11) is 0. The smallest absolute Gasteiger partial charge is 0.230 e. The van der Waals surface area contributed by atoms with Gasteiger partial charge in [-0.3, -0.25) is 4.79 Å². The van der Waals surface area contributed by atoms with Crippen LogP contribution in [0.2, 0.25) is 0 Å². The molecule has 0 aliphatic rings. The fourth-order valence-electron chi connectivity index (χ4n) is 2.37. The maximum absolute atomic E-state index is 12.2. The van der Waals surface area contributed by atoms with E-state index in [0.717, 1.165) is 16.7 Å². The first kappa shape index (κ1) is 16.0. The largest absolute Gasteiger partial charge is 0.460 e. The molecule has 0 bridgehead atoms. The first-order valence-electron chi connectivity index (χ1n) is 7.94. The molecule has 1 aromatic carbocycles. The minimum atomic E-state index is -0.337. The zero-order valence-electron chi connectivity index (χ0n) is 13.7. The van der Waals surface area contributed by atoms with E-state index in [2.05, 4.69) is 20.8 Å². The van der Waals surface area contributed by atoms with E-state index in [4.69, 9.17) is 4.42 Å². The molecule has 0 saturated carbocycles. The molecule has 124 valence electrons. The molecule has 0 saturated heterocycles. The van der Waals surface area contributed by atoms with Crippen molar-refractivity contribution in [3.63, 3.8) is 0 Å². The van der Waals surface area contributed by atoms with E-state index in [1.54, 1.807) is 0 Å². The van der Waals surface area contributed by atoms with Gasteiger partial charge in [0.1, 0.15) is 17.2 Å². The topological polar surface area (TPSA) is 80.0 Å². The molecule has 1 atom stereocenters. The molecule has 6 nitrogen and oxygen atoms in total. The monoisotopic (exact) mass is 324 g/mol. The van der Waals surface area contributed by atoms with E-state index in [-0.39, 0.29) is 11.8 Å². The minimum absolute atomic E-state index is 0.0640. The molecule has 3 aromatic rings. The van der Waals surface area contributed by atoms with Crippen molar-refractivity contribution in [1.82, 2.24) is 15.5 Å². The Kier molecular flexibility index (Phi) is 4.74. The van der Waals surface area contributed by atoms with Gasteiger partial charge in [-0.1, -0.05) is 18.2 Å². The molecule has 6 heteroatoms. The zero-order valence-corrected chi connectivity index (χ0v) is 13.7. The highest BCUT2D eigenvalue weighted by Gasteiger charge is 2.18. The van der Waals surface area contributed by atoms with Crippen molar-refractivity contribution in [2.24, 2.45) is 0 Å². The number of fused-ring (bicyclic) bond motifs is 1. The molecule has 3 rings (SSSR count). The number of furan rings is 1. The van der Waals surface area contributed by atoms with Crippen molar-refractivity contribution >= 4 is 22.7 Å². The highest BCUT2D eigenvalue weighted by Crippen LogP contribution is 2.24. The van der Waals surface area contributed by atoms with Crippen LogP contribution in [0.3, 0.4) is 0 Å². The Morgan fingerprint density at radius 1 is 1.17 bits per heavy atom. The van der Waals surface area contributed by atoms with Crippen LogP contribution in [0, 0.1) is 6.92 Å². The lowest BCUT2D eigenvalue weighted by Crippen LogP contribution is -2.32. The Bertz CT molecular complexity index is 793. The Morgan fingerprint density at radius 3 is 2.75 bits per heavy atom.